The third-order valence-electron chi connectivity index (χ3n) is 5.87. The Hall–Kier alpha value is -2.27. The Bertz CT molecular complexity index is 871. The molecule has 148 valence electrons. The van der Waals surface area contributed by atoms with Gasteiger partial charge in [-0.05, 0) is 80.5 Å². The zero-order valence-corrected chi connectivity index (χ0v) is 16.2. The van der Waals surface area contributed by atoms with Crippen molar-refractivity contribution >= 4 is 5.91 Å². The normalized spacial score (nSPS) is 17.8. The second kappa shape index (κ2) is 8.00. The van der Waals surface area contributed by atoms with Crippen LogP contribution in [0.25, 0.3) is 11.1 Å². The van der Waals surface area contributed by atoms with Gasteiger partial charge in [0.05, 0.1) is 0 Å². The summed E-state index contributed by atoms with van der Waals surface area (Å²) in [6.45, 7) is 4.23. The highest BCUT2D eigenvalue weighted by Crippen LogP contribution is 2.29. The highest BCUT2D eigenvalue weighted by atomic mass is 19.1. The molecular weight excluding hydrogens is 358 g/mol. The molecule has 1 aliphatic carbocycles. The van der Waals surface area contributed by atoms with E-state index in [1.807, 2.05) is 4.90 Å². The lowest BCUT2D eigenvalue weighted by molar-refractivity contribution is 0.0704. The van der Waals surface area contributed by atoms with Crippen molar-refractivity contribution in [1.82, 2.24) is 10.2 Å². The number of benzene rings is 2. The van der Waals surface area contributed by atoms with Gasteiger partial charge in [0.25, 0.3) is 5.91 Å². The molecule has 28 heavy (non-hydrogen) atoms. The lowest BCUT2D eigenvalue weighted by atomic mass is 9.98. The molecule has 1 saturated heterocycles. The number of hydrogen-bond donors (Lipinski definition) is 1. The van der Waals surface area contributed by atoms with Crippen LogP contribution in [-0.4, -0.2) is 36.5 Å². The summed E-state index contributed by atoms with van der Waals surface area (Å²) in [4.78, 5) is 14.6. The van der Waals surface area contributed by atoms with Gasteiger partial charge >= 0.3 is 0 Å². The third kappa shape index (κ3) is 4.25. The molecule has 1 amide bonds. The molecule has 4 rings (SSSR count). The van der Waals surface area contributed by atoms with Crippen molar-refractivity contribution in [3.8, 4) is 11.1 Å². The second-order valence-electron chi connectivity index (χ2n) is 8.07. The number of piperidine rings is 1. The van der Waals surface area contributed by atoms with Gasteiger partial charge in [0.15, 0.2) is 0 Å². The van der Waals surface area contributed by atoms with Gasteiger partial charge in [0, 0.05) is 30.3 Å². The molecule has 0 spiro atoms. The number of carbonyl (C=O) groups excluding carboxylic acids is 1. The van der Waals surface area contributed by atoms with E-state index in [0.717, 1.165) is 25.3 Å². The van der Waals surface area contributed by atoms with Crippen molar-refractivity contribution in [2.75, 3.05) is 19.6 Å². The fraction of sp³-hybridized carbons (Fsp3) is 0.435. The molecule has 1 heterocycles. The Morgan fingerprint density at radius 2 is 1.75 bits per heavy atom. The second-order valence-corrected chi connectivity index (χ2v) is 8.07. The number of rotatable bonds is 5. The molecule has 2 fully saturated rings. The Labute approximate surface area is 164 Å². The van der Waals surface area contributed by atoms with Gasteiger partial charge in [-0.15, -0.1) is 0 Å². The Morgan fingerprint density at radius 1 is 1.04 bits per heavy atom. The standard InChI is InChI=1S/C23H26F2N2O/c1-15-12-18(24)5-7-20(15)21-6-4-17(13-22(21)25)23(28)27-10-8-19(9-11-27)26-14-16-2-3-16/h4-7,12-13,16,19,26H,2-3,8-11,14H2,1H3. The van der Waals surface area contributed by atoms with Crippen LogP contribution in [0.15, 0.2) is 36.4 Å². The van der Waals surface area contributed by atoms with Crippen molar-refractivity contribution in [3.05, 3.63) is 59.2 Å². The Morgan fingerprint density at radius 3 is 2.39 bits per heavy atom. The van der Waals surface area contributed by atoms with Crippen LogP contribution in [0.4, 0.5) is 8.78 Å². The fourth-order valence-corrected chi connectivity index (χ4v) is 3.92. The number of aryl methyl sites for hydroxylation is 1. The zero-order chi connectivity index (χ0) is 19.7. The first-order chi connectivity index (χ1) is 13.5. The van der Waals surface area contributed by atoms with E-state index < -0.39 is 5.82 Å². The van der Waals surface area contributed by atoms with Gasteiger partial charge in [-0.3, -0.25) is 4.79 Å². The topological polar surface area (TPSA) is 32.3 Å². The van der Waals surface area contributed by atoms with Crippen molar-refractivity contribution in [2.45, 2.75) is 38.6 Å². The van der Waals surface area contributed by atoms with Gasteiger partial charge in [0.1, 0.15) is 11.6 Å². The molecule has 0 radical (unpaired) electrons. The quantitative estimate of drug-likeness (QED) is 0.821. The predicted molar refractivity (Wildman–Crippen MR) is 106 cm³/mol. The van der Waals surface area contributed by atoms with Crippen molar-refractivity contribution in [1.29, 1.82) is 0 Å². The molecule has 0 atom stereocenters. The van der Waals surface area contributed by atoms with E-state index in [9.17, 15) is 13.6 Å². The number of amides is 1. The minimum absolute atomic E-state index is 0.123. The molecule has 5 heteroatoms. The van der Waals surface area contributed by atoms with Crippen LogP contribution in [-0.2, 0) is 0 Å². The first kappa shape index (κ1) is 19.1. The maximum atomic E-state index is 14.7. The summed E-state index contributed by atoms with van der Waals surface area (Å²) < 4.78 is 28.0. The Balaban J connectivity index is 1.41. The van der Waals surface area contributed by atoms with Crippen LogP contribution in [0.2, 0.25) is 0 Å². The number of nitrogens with one attached hydrogen (secondary N) is 1. The molecule has 3 nitrogen and oxygen atoms in total. The highest BCUT2D eigenvalue weighted by molar-refractivity contribution is 5.95. The minimum Gasteiger partial charge on any atom is -0.339 e. The number of carbonyl (C=O) groups is 1. The van der Waals surface area contributed by atoms with Gasteiger partial charge in [-0.2, -0.15) is 0 Å². The predicted octanol–water partition coefficient (Wildman–Crippen LogP) is 4.54. The highest BCUT2D eigenvalue weighted by Gasteiger charge is 2.26. The van der Waals surface area contributed by atoms with E-state index in [0.29, 0.717) is 41.4 Å². The van der Waals surface area contributed by atoms with Gasteiger partial charge < -0.3 is 10.2 Å². The molecule has 1 aliphatic heterocycles. The van der Waals surface area contributed by atoms with E-state index in [1.54, 1.807) is 25.1 Å². The summed E-state index contributed by atoms with van der Waals surface area (Å²) in [6.07, 6.45) is 4.55. The Kier molecular flexibility index (Phi) is 5.44. The maximum Gasteiger partial charge on any atom is 0.253 e. The number of halogens is 2. The van der Waals surface area contributed by atoms with Crippen molar-refractivity contribution in [3.63, 3.8) is 0 Å². The van der Waals surface area contributed by atoms with Gasteiger partial charge in [-0.25, -0.2) is 8.78 Å². The van der Waals surface area contributed by atoms with E-state index in [1.165, 1.54) is 31.0 Å². The van der Waals surface area contributed by atoms with Crippen LogP contribution in [0.1, 0.15) is 41.6 Å². The molecule has 2 aromatic rings. The van der Waals surface area contributed by atoms with E-state index in [4.69, 9.17) is 0 Å². The monoisotopic (exact) mass is 384 g/mol. The molecule has 1 saturated carbocycles. The summed E-state index contributed by atoms with van der Waals surface area (Å²) in [5, 5.41) is 3.60. The number of nitrogens with zero attached hydrogens (tertiary/aromatic N) is 1. The van der Waals surface area contributed by atoms with Gasteiger partial charge in [0.2, 0.25) is 0 Å². The molecule has 0 unspecified atom stereocenters. The summed E-state index contributed by atoms with van der Waals surface area (Å²) in [7, 11) is 0. The molecular formula is C23H26F2N2O. The lowest BCUT2D eigenvalue weighted by Gasteiger charge is -2.32. The summed E-state index contributed by atoms with van der Waals surface area (Å²) in [5.74, 6) is -0.0714. The fourth-order valence-electron chi connectivity index (χ4n) is 3.92. The maximum absolute atomic E-state index is 14.7. The van der Waals surface area contributed by atoms with Gasteiger partial charge in [-0.1, -0.05) is 12.1 Å². The van der Waals surface area contributed by atoms with Crippen molar-refractivity contribution in [2.24, 2.45) is 5.92 Å². The third-order valence-corrected chi connectivity index (χ3v) is 5.87. The van der Waals surface area contributed by atoms with Crippen molar-refractivity contribution < 1.29 is 13.6 Å². The van der Waals surface area contributed by atoms with E-state index in [-0.39, 0.29) is 11.7 Å². The van der Waals surface area contributed by atoms with Crippen LogP contribution < -0.4 is 5.32 Å². The minimum atomic E-state index is -0.457. The smallest absolute Gasteiger partial charge is 0.253 e. The first-order valence-corrected chi connectivity index (χ1v) is 10.1. The summed E-state index contributed by atoms with van der Waals surface area (Å²) >= 11 is 0. The van der Waals surface area contributed by atoms with E-state index in [2.05, 4.69) is 5.32 Å². The largest absolute Gasteiger partial charge is 0.339 e. The number of likely N-dealkylation sites (tertiary alicyclic amines) is 1. The zero-order valence-electron chi connectivity index (χ0n) is 16.2. The van der Waals surface area contributed by atoms with Crippen LogP contribution in [0.3, 0.4) is 0 Å². The summed E-state index contributed by atoms with van der Waals surface area (Å²) in [5.41, 5.74) is 2.06. The summed E-state index contributed by atoms with van der Waals surface area (Å²) in [6, 6.07) is 9.35. The first-order valence-electron chi connectivity index (χ1n) is 10.1. The average molecular weight is 384 g/mol. The molecule has 0 bridgehead atoms. The molecule has 0 aromatic heterocycles. The number of hydrogen-bond acceptors (Lipinski definition) is 2. The van der Waals surface area contributed by atoms with Crippen LogP contribution in [0, 0.1) is 24.5 Å². The average Bonchev–Trinajstić information content (AvgIpc) is 3.51. The molecule has 1 N–H and O–H groups in total. The van der Waals surface area contributed by atoms with Crippen LogP contribution in [0.5, 0.6) is 0 Å². The SMILES string of the molecule is Cc1cc(F)ccc1-c1ccc(C(=O)N2CCC(NCC3CC3)CC2)cc1F. The molecule has 2 aromatic carbocycles. The molecule has 2 aliphatic rings. The van der Waals surface area contributed by atoms with E-state index >= 15 is 0 Å². The van der Waals surface area contributed by atoms with Crippen LogP contribution >= 0.6 is 0 Å². The lowest BCUT2D eigenvalue weighted by Crippen LogP contribution is -2.45.